The molecule has 2 N–H and O–H groups in total. The molecule has 0 aromatic carbocycles. The maximum absolute atomic E-state index is 12.2. The maximum atomic E-state index is 12.2. The number of hydrogen-bond acceptors (Lipinski definition) is 3. The highest BCUT2D eigenvalue weighted by atomic mass is 16.4. The molecule has 2 unspecified atom stereocenters. The molecule has 6 heteroatoms. The highest BCUT2D eigenvalue weighted by Gasteiger charge is 2.46. The Bertz CT molecular complexity index is 388. The van der Waals surface area contributed by atoms with Crippen LogP contribution in [0, 0.1) is 0 Å². The Morgan fingerprint density at radius 2 is 2.05 bits per heavy atom. The van der Waals surface area contributed by atoms with Crippen molar-refractivity contribution >= 4 is 12.0 Å². The van der Waals surface area contributed by atoms with Crippen molar-refractivity contribution in [2.75, 3.05) is 26.7 Å². The molecule has 0 aliphatic carbocycles. The predicted octanol–water partition coefficient (Wildman–Crippen LogP) is 1.12. The van der Waals surface area contributed by atoms with E-state index in [1.54, 1.807) is 6.92 Å². The zero-order chi connectivity index (χ0) is 14.8. The van der Waals surface area contributed by atoms with Gasteiger partial charge < -0.3 is 20.2 Å². The van der Waals surface area contributed by atoms with Gasteiger partial charge in [-0.1, -0.05) is 6.42 Å². The summed E-state index contributed by atoms with van der Waals surface area (Å²) in [6.07, 6.45) is 4.78. The van der Waals surface area contributed by atoms with Gasteiger partial charge in [0.1, 0.15) is 5.54 Å². The number of amides is 2. The summed E-state index contributed by atoms with van der Waals surface area (Å²) in [6, 6.07) is 0.123. The second-order valence-electron chi connectivity index (χ2n) is 6.15. The normalized spacial score (nSPS) is 31.3. The van der Waals surface area contributed by atoms with Crippen LogP contribution in [0.1, 0.15) is 39.0 Å². The van der Waals surface area contributed by atoms with E-state index in [1.165, 1.54) is 17.7 Å². The summed E-state index contributed by atoms with van der Waals surface area (Å²) in [4.78, 5) is 27.4. The Hall–Kier alpha value is -1.30. The van der Waals surface area contributed by atoms with Crippen LogP contribution in [0.3, 0.4) is 0 Å². The van der Waals surface area contributed by atoms with Gasteiger partial charge in [-0.15, -0.1) is 0 Å². The van der Waals surface area contributed by atoms with Gasteiger partial charge in [0.05, 0.1) is 0 Å². The Morgan fingerprint density at radius 3 is 2.70 bits per heavy atom. The molecular formula is C14H25N3O3. The molecule has 6 nitrogen and oxygen atoms in total. The average Bonchev–Trinajstić information content (AvgIpc) is 2.81. The molecular weight excluding hydrogens is 258 g/mol. The highest BCUT2D eigenvalue weighted by molar-refractivity contribution is 5.86. The van der Waals surface area contributed by atoms with Gasteiger partial charge in [-0.25, -0.2) is 9.59 Å². The largest absolute Gasteiger partial charge is 0.480 e. The minimum Gasteiger partial charge on any atom is -0.480 e. The van der Waals surface area contributed by atoms with Crippen molar-refractivity contribution in [1.82, 2.24) is 15.1 Å². The number of carboxylic acids is 1. The van der Waals surface area contributed by atoms with E-state index in [0.717, 1.165) is 19.4 Å². The topological polar surface area (TPSA) is 72.9 Å². The molecule has 114 valence electrons. The molecule has 2 rings (SSSR count). The minimum absolute atomic E-state index is 0.244. The first-order valence-corrected chi connectivity index (χ1v) is 7.44. The van der Waals surface area contributed by atoms with Crippen molar-refractivity contribution in [3.8, 4) is 0 Å². The number of likely N-dealkylation sites (tertiary alicyclic amines) is 2. The van der Waals surface area contributed by atoms with Gasteiger partial charge >= 0.3 is 12.0 Å². The molecule has 2 heterocycles. The molecule has 2 fully saturated rings. The fourth-order valence-corrected chi connectivity index (χ4v) is 3.21. The molecule has 0 aromatic heterocycles. The first kappa shape index (κ1) is 15.1. The number of carbonyl (C=O) groups is 2. The van der Waals surface area contributed by atoms with Crippen LogP contribution in [-0.4, -0.2) is 65.2 Å². The van der Waals surface area contributed by atoms with E-state index >= 15 is 0 Å². The molecule has 0 spiro atoms. The Balaban J connectivity index is 1.90. The number of nitrogens with one attached hydrogen (secondary N) is 1. The number of hydrogen-bond donors (Lipinski definition) is 2. The van der Waals surface area contributed by atoms with Crippen molar-refractivity contribution in [2.45, 2.75) is 50.6 Å². The zero-order valence-corrected chi connectivity index (χ0v) is 12.4. The van der Waals surface area contributed by atoms with Crippen LogP contribution >= 0.6 is 0 Å². The summed E-state index contributed by atoms with van der Waals surface area (Å²) >= 11 is 0. The fraction of sp³-hybridized carbons (Fsp3) is 0.857. The van der Waals surface area contributed by atoms with E-state index in [9.17, 15) is 14.7 Å². The van der Waals surface area contributed by atoms with Gasteiger partial charge in [-0.05, 0) is 46.2 Å². The summed E-state index contributed by atoms with van der Waals surface area (Å²) < 4.78 is 0. The third kappa shape index (κ3) is 2.90. The van der Waals surface area contributed by atoms with Crippen LogP contribution in [0.25, 0.3) is 0 Å². The molecule has 0 bridgehead atoms. The highest BCUT2D eigenvalue weighted by Crippen LogP contribution is 2.29. The van der Waals surface area contributed by atoms with E-state index in [2.05, 4.69) is 17.3 Å². The second-order valence-corrected chi connectivity index (χ2v) is 6.15. The first-order valence-electron chi connectivity index (χ1n) is 7.44. The fourth-order valence-electron chi connectivity index (χ4n) is 3.21. The Kier molecular flexibility index (Phi) is 4.52. The number of piperidine rings is 1. The monoisotopic (exact) mass is 283 g/mol. The van der Waals surface area contributed by atoms with Gasteiger partial charge in [-0.3, -0.25) is 0 Å². The Labute approximate surface area is 120 Å². The summed E-state index contributed by atoms with van der Waals surface area (Å²) in [5, 5.41) is 12.2. The molecule has 20 heavy (non-hydrogen) atoms. The van der Waals surface area contributed by atoms with Gasteiger partial charge in [0.25, 0.3) is 0 Å². The summed E-state index contributed by atoms with van der Waals surface area (Å²) in [5.41, 5.74) is -1.05. The lowest BCUT2D eigenvalue weighted by Gasteiger charge is -2.35. The molecule has 0 aromatic rings. The van der Waals surface area contributed by atoms with E-state index in [4.69, 9.17) is 0 Å². The van der Waals surface area contributed by atoms with Gasteiger partial charge in [0.2, 0.25) is 0 Å². The van der Waals surface area contributed by atoms with Crippen LogP contribution in [-0.2, 0) is 4.79 Å². The van der Waals surface area contributed by atoms with E-state index < -0.39 is 11.5 Å². The SMILES string of the molecule is CN1CCCCC1CNC(=O)N1CCCC1(C)C(=O)O. The number of carboxylic acid groups (broad SMARTS) is 1. The number of carbonyl (C=O) groups excluding carboxylic acids is 1. The average molecular weight is 283 g/mol. The van der Waals surface area contributed by atoms with Gasteiger partial charge in [0.15, 0.2) is 0 Å². The van der Waals surface area contributed by atoms with Crippen molar-refractivity contribution in [1.29, 1.82) is 0 Å². The van der Waals surface area contributed by atoms with Crippen molar-refractivity contribution < 1.29 is 14.7 Å². The maximum Gasteiger partial charge on any atom is 0.329 e. The lowest BCUT2D eigenvalue weighted by atomic mass is 9.99. The van der Waals surface area contributed by atoms with Crippen LogP contribution < -0.4 is 5.32 Å². The van der Waals surface area contributed by atoms with Gasteiger partial charge in [0, 0.05) is 19.1 Å². The number of urea groups is 1. The summed E-state index contributed by atoms with van der Waals surface area (Å²) in [7, 11) is 2.08. The van der Waals surface area contributed by atoms with Crippen molar-refractivity contribution in [3.63, 3.8) is 0 Å². The zero-order valence-electron chi connectivity index (χ0n) is 12.4. The molecule has 2 aliphatic rings. The summed E-state index contributed by atoms with van der Waals surface area (Å²) in [6.45, 7) is 3.82. The first-order chi connectivity index (χ1) is 9.45. The molecule has 2 atom stereocenters. The quantitative estimate of drug-likeness (QED) is 0.814. The third-order valence-corrected chi connectivity index (χ3v) is 4.76. The smallest absolute Gasteiger partial charge is 0.329 e. The van der Waals surface area contributed by atoms with Crippen molar-refractivity contribution in [2.24, 2.45) is 0 Å². The third-order valence-electron chi connectivity index (χ3n) is 4.76. The molecule has 0 saturated carbocycles. The number of nitrogens with zero attached hydrogens (tertiary/aromatic N) is 2. The van der Waals surface area contributed by atoms with E-state index in [-0.39, 0.29) is 6.03 Å². The lowest BCUT2D eigenvalue weighted by Crippen LogP contribution is -2.55. The molecule has 2 amide bonds. The van der Waals surface area contributed by atoms with Crippen molar-refractivity contribution in [3.05, 3.63) is 0 Å². The standard InChI is InChI=1S/C14H25N3O3/c1-14(12(18)19)7-5-9-17(14)13(20)15-10-11-6-3-4-8-16(11)2/h11H,3-10H2,1-2H3,(H,15,20)(H,18,19). The lowest BCUT2D eigenvalue weighted by molar-refractivity contribution is -0.147. The van der Waals surface area contributed by atoms with E-state index in [1.807, 2.05) is 0 Å². The molecule has 2 saturated heterocycles. The minimum atomic E-state index is -1.05. The molecule has 0 radical (unpaired) electrons. The number of aliphatic carboxylic acids is 1. The van der Waals surface area contributed by atoms with Crippen LogP contribution in [0.4, 0.5) is 4.79 Å². The van der Waals surface area contributed by atoms with Crippen LogP contribution in [0.2, 0.25) is 0 Å². The Morgan fingerprint density at radius 1 is 1.30 bits per heavy atom. The van der Waals surface area contributed by atoms with Crippen LogP contribution in [0.15, 0.2) is 0 Å². The van der Waals surface area contributed by atoms with Crippen LogP contribution in [0.5, 0.6) is 0 Å². The number of rotatable bonds is 3. The van der Waals surface area contributed by atoms with E-state index in [0.29, 0.717) is 25.6 Å². The predicted molar refractivity (Wildman–Crippen MR) is 75.6 cm³/mol. The number of likely N-dealkylation sites (N-methyl/N-ethyl adjacent to an activating group) is 1. The van der Waals surface area contributed by atoms with Gasteiger partial charge in [-0.2, -0.15) is 0 Å². The molecule has 2 aliphatic heterocycles. The second kappa shape index (κ2) is 5.99. The summed E-state index contributed by atoms with van der Waals surface area (Å²) in [5.74, 6) is -0.917.